The van der Waals surface area contributed by atoms with Crippen molar-refractivity contribution >= 4 is 18.0 Å². The number of esters is 1. The fraction of sp³-hybridized carbons (Fsp3) is 0.500. The van der Waals surface area contributed by atoms with Crippen molar-refractivity contribution in [1.29, 1.82) is 0 Å². The summed E-state index contributed by atoms with van der Waals surface area (Å²) in [6.07, 6.45) is 7.68. The molecular formula is C20H27NO5. The van der Waals surface area contributed by atoms with E-state index in [-0.39, 0.29) is 11.9 Å². The van der Waals surface area contributed by atoms with E-state index in [4.69, 9.17) is 14.2 Å². The van der Waals surface area contributed by atoms with Crippen LogP contribution in [0.2, 0.25) is 0 Å². The number of nitrogens with one attached hydrogen (secondary N) is 1. The highest BCUT2D eigenvalue weighted by atomic mass is 16.5. The summed E-state index contributed by atoms with van der Waals surface area (Å²) in [4.78, 5) is 25.3. The molecule has 0 aliphatic heterocycles. The van der Waals surface area contributed by atoms with Crippen molar-refractivity contribution in [2.24, 2.45) is 0 Å². The number of benzene rings is 1. The Kier molecular flexibility index (Phi) is 6.66. The molecule has 0 heterocycles. The van der Waals surface area contributed by atoms with Gasteiger partial charge in [-0.25, -0.2) is 4.79 Å². The van der Waals surface area contributed by atoms with Gasteiger partial charge in [-0.1, -0.05) is 31.4 Å². The lowest BCUT2D eigenvalue weighted by atomic mass is 9.81. The molecule has 6 heteroatoms. The van der Waals surface area contributed by atoms with Gasteiger partial charge < -0.3 is 19.5 Å². The summed E-state index contributed by atoms with van der Waals surface area (Å²) in [6, 6.07) is 3.35. The van der Waals surface area contributed by atoms with Crippen molar-refractivity contribution in [3.8, 4) is 11.5 Å². The largest absolute Gasteiger partial charge is 0.493 e. The predicted molar refractivity (Wildman–Crippen MR) is 99.6 cm³/mol. The van der Waals surface area contributed by atoms with Gasteiger partial charge in [-0.05, 0) is 31.9 Å². The Labute approximate surface area is 154 Å². The standard InChI is InChI=1S/C20H27NO5/c1-5-9-14-12-15(13-16(24-2)17(14)25-3)18(22)21-20(19(23)26-4)10-7-6-8-11-20/h5,9,12-13H,6-8,10-11H2,1-4H3,(H,21,22). The van der Waals surface area contributed by atoms with Gasteiger partial charge in [0.15, 0.2) is 11.5 Å². The molecule has 0 unspecified atom stereocenters. The maximum absolute atomic E-state index is 12.9. The molecule has 0 aromatic heterocycles. The lowest BCUT2D eigenvalue weighted by molar-refractivity contribution is -0.149. The van der Waals surface area contributed by atoms with Crippen molar-refractivity contribution in [2.75, 3.05) is 21.3 Å². The Balaban J connectivity index is 2.38. The number of hydrogen-bond acceptors (Lipinski definition) is 5. The molecule has 0 spiro atoms. The van der Waals surface area contributed by atoms with E-state index in [0.717, 1.165) is 24.8 Å². The Morgan fingerprint density at radius 1 is 1.08 bits per heavy atom. The van der Waals surface area contributed by atoms with Gasteiger partial charge in [-0.15, -0.1) is 0 Å². The van der Waals surface area contributed by atoms with Crippen LogP contribution >= 0.6 is 0 Å². The molecule has 1 saturated carbocycles. The van der Waals surface area contributed by atoms with Gasteiger partial charge in [0.2, 0.25) is 0 Å². The van der Waals surface area contributed by atoms with E-state index in [9.17, 15) is 9.59 Å². The van der Waals surface area contributed by atoms with Crippen LogP contribution in [0.3, 0.4) is 0 Å². The quantitative estimate of drug-likeness (QED) is 0.787. The van der Waals surface area contributed by atoms with E-state index in [1.165, 1.54) is 14.2 Å². The normalized spacial score (nSPS) is 16.2. The van der Waals surface area contributed by atoms with E-state index in [1.54, 1.807) is 19.2 Å². The number of hydrogen-bond donors (Lipinski definition) is 1. The third-order valence-corrected chi connectivity index (χ3v) is 4.75. The monoisotopic (exact) mass is 361 g/mol. The molecule has 0 atom stereocenters. The molecule has 26 heavy (non-hydrogen) atoms. The number of carbonyl (C=O) groups is 2. The lowest BCUT2D eigenvalue weighted by Crippen LogP contribution is -2.56. The number of carbonyl (C=O) groups excluding carboxylic acids is 2. The molecule has 1 fully saturated rings. The zero-order chi connectivity index (χ0) is 19.2. The Bertz CT molecular complexity index is 690. The zero-order valence-electron chi connectivity index (χ0n) is 15.9. The maximum atomic E-state index is 12.9. The first kappa shape index (κ1) is 19.8. The third kappa shape index (κ3) is 4.00. The molecule has 2 rings (SSSR count). The smallest absolute Gasteiger partial charge is 0.331 e. The number of allylic oxidation sites excluding steroid dienone is 1. The van der Waals surface area contributed by atoms with Gasteiger partial charge in [0, 0.05) is 11.1 Å². The first-order valence-electron chi connectivity index (χ1n) is 8.81. The highest BCUT2D eigenvalue weighted by Crippen LogP contribution is 2.34. The van der Waals surface area contributed by atoms with Crippen LogP contribution in [0.25, 0.3) is 6.08 Å². The second-order valence-electron chi connectivity index (χ2n) is 6.39. The van der Waals surface area contributed by atoms with Crippen LogP contribution in [0, 0.1) is 0 Å². The molecule has 6 nitrogen and oxygen atoms in total. The van der Waals surface area contributed by atoms with Crippen LogP contribution in [0.4, 0.5) is 0 Å². The molecule has 0 radical (unpaired) electrons. The van der Waals surface area contributed by atoms with E-state index in [1.807, 2.05) is 19.1 Å². The molecular weight excluding hydrogens is 334 g/mol. The first-order valence-corrected chi connectivity index (χ1v) is 8.81. The number of methoxy groups -OCH3 is 3. The summed E-state index contributed by atoms with van der Waals surface area (Å²) in [5.41, 5.74) is 0.178. The van der Waals surface area contributed by atoms with E-state index in [0.29, 0.717) is 29.9 Å². The molecule has 1 amide bonds. The molecule has 0 bridgehead atoms. The highest BCUT2D eigenvalue weighted by molar-refractivity contribution is 5.99. The number of rotatable bonds is 6. The summed E-state index contributed by atoms with van der Waals surface area (Å²) in [5, 5.41) is 2.92. The third-order valence-electron chi connectivity index (χ3n) is 4.75. The summed E-state index contributed by atoms with van der Waals surface area (Å²) < 4.78 is 15.7. The minimum atomic E-state index is -0.960. The Hall–Kier alpha value is -2.50. The van der Waals surface area contributed by atoms with Gasteiger partial charge in [-0.3, -0.25) is 4.79 Å². The number of ether oxygens (including phenoxy) is 3. The predicted octanol–water partition coefficient (Wildman–Crippen LogP) is 3.34. The fourth-order valence-corrected chi connectivity index (χ4v) is 3.45. The van der Waals surface area contributed by atoms with Crippen LogP contribution in [0.5, 0.6) is 11.5 Å². The molecule has 1 N–H and O–H groups in total. The fourth-order valence-electron chi connectivity index (χ4n) is 3.45. The first-order chi connectivity index (χ1) is 12.5. The van der Waals surface area contributed by atoms with E-state index >= 15 is 0 Å². The topological polar surface area (TPSA) is 73.9 Å². The van der Waals surface area contributed by atoms with Gasteiger partial charge in [0.1, 0.15) is 5.54 Å². The molecule has 1 aromatic carbocycles. The molecule has 1 aliphatic carbocycles. The van der Waals surface area contributed by atoms with Gasteiger partial charge in [0.05, 0.1) is 21.3 Å². The lowest BCUT2D eigenvalue weighted by Gasteiger charge is -2.35. The van der Waals surface area contributed by atoms with Crippen molar-refractivity contribution < 1.29 is 23.8 Å². The summed E-state index contributed by atoms with van der Waals surface area (Å²) in [6.45, 7) is 1.88. The van der Waals surface area contributed by atoms with E-state index in [2.05, 4.69) is 5.32 Å². The average molecular weight is 361 g/mol. The SMILES string of the molecule is CC=Cc1cc(C(=O)NC2(C(=O)OC)CCCCC2)cc(OC)c1OC. The Morgan fingerprint density at radius 3 is 2.31 bits per heavy atom. The van der Waals surface area contributed by atoms with Gasteiger partial charge in [-0.2, -0.15) is 0 Å². The maximum Gasteiger partial charge on any atom is 0.331 e. The molecule has 1 aromatic rings. The van der Waals surface area contributed by atoms with E-state index < -0.39 is 5.54 Å². The van der Waals surface area contributed by atoms with Crippen LogP contribution in [-0.4, -0.2) is 38.7 Å². The second kappa shape index (κ2) is 8.74. The number of amides is 1. The van der Waals surface area contributed by atoms with Crippen LogP contribution in [-0.2, 0) is 9.53 Å². The molecule has 0 saturated heterocycles. The Morgan fingerprint density at radius 2 is 1.77 bits per heavy atom. The van der Waals surface area contributed by atoms with Crippen molar-refractivity contribution in [3.63, 3.8) is 0 Å². The van der Waals surface area contributed by atoms with Gasteiger partial charge in [0.25, 0.3) is 5.91 Å². The second-order valence-corrected chi connectivity index (χ2v) is 6.39. The summed E-state index contributed by atoms with van der Waals surface area (Å²) in [7, 11) is 4.43. The van der Waals surface area contributed by atoms with Crippen LogP contribution in [0.15, 0.2) is 18.2 Å². The van der Waals surface area contributed by atoms with Crippen molar-refractivity contribution in [2.45, 2.75) is 44.6 Å². The van der Waals surface area contributed by atoms with Crippen molar-refractivity contribution in [3.05, 3.63) is 29.3 Å². The van der Waals surface area contributed by atoms with Crippen molar-refractivity contribution in [1.82, 2.24) is 5.32 Å². The minimum Gasteiger partial charge on any atom is -0.493 e. The summed E-state index contributed by atoms with van der Waals surface area (Å²) in [5.74, 6) is 0.301. The van der Waals surface area contributed by atoms with Crippen LogP contribution < -0.4 is 14.8 Å². The average Bonchev–Trinajstić information content (AvgIpc) is 2.67. The van der Waals surface area contributed by atoms with Crippen LogP contribution in [0.1, 0.15) is 54.9 Å². The van der Waals surface area contributed by atoms with Gasteiger partial charge >= 0.3 is 5.97 Å². The minimum absolute atomic E-state index is 0.330. The molecule has 1 aliphatic rings. The molecule has 142 valence electrons. The summed E-state index contributed by atoms with van der Waals surface area (Å²) >= 11 is 0. The highest BCUT2D eigenvalue weighted by Gasteiger charge is 2.42. The zero-order valence-corrected chi connectivity index (χ0v) is 15.9.